The van der Waals surface area contributed by atoms with Crippen molar-refractivity contribution >= 4 is 0 Å². The summed E-state index contributed by atoms with van der Waals surface area (Å²) in [6.45, 7) is 9.51. The van der Waals surface area contributed by atoms with Crippen molar-refractivity contribution in [3.8, 4) is 11.6 Å². The van der Waals surface area contributed by atoms with Crippen LogP contribution >= 0.6 is 0 Å². The molecule has 4 nitrogen and oxygen atoms in total. The predicted octanol–water partition coefficient (Wildman–Crippen LogP) is 2.49. The highest BCUT2D eigenvalue weighted by Crippen LogP contribution is 2.35. The summed E-state index contributed by atoms with van der Waals surface area (Å²) in [5.41, 5.74) is 0.952. The molecule has 4 heteroatoms. The molecule has 0 amide bonds. The highest BCUT2D eigenvalue weighted by molar-refractivity contribution is 5.41. The largest absolute Gasteiger partial charge is 0.483 e. The average molecular weight is 222 g/mol. The van der Waals surface area contributed by atoms with E-state index in [1.54, 1.807) is 0 Å². The molecule has 0 bridgehead atoms. The fourth-order valence-corrected chi connectivity index (χ4v) is 1.63. The van der Waals surface area contributed by atoms with E-state index in [4.69, 9.17) is 9.47 Å². The molecule has 0 spiro atoms. The van der Waals surface area contributed by atoms with Crippen molar-refractivity contribution in [1.82, 2.24) is 9.97 Å². The first kappa shape index (κ1) is 11.2. The lowest BCUT2D eigenvalue weighted by molar-refractivity contribution is 0.160. The van der Waals surface area contributed by atoms with Gasteiger partial charge in [0.1, 0.15) is 19.0 Å². The summed E-state index contributed by atoms with van der Waals surface area (Å²) >= 11 is 0. The third-order valence-electron chi connectivity index (χ3n) is 2.51. The maximum Gasteiger partial charge on any atom is 0.260 e. The molecular formula is C12H18N2O2. The van der Waals surface area contributed by atoms with Gasteiger partial charge in [-0.05, 0) is 5.92 Å². The molecule has 0 fully saturated rings. The van der Waals surface area contributed by atoms with Gasteiger partial charge in [-0.3, -0.25) is 0 Å². The van der Waals surface area contributed by atoms with Gasteiger partial charge >= 0.3 is 0 Å². The van der Waals surface area contributed by atoms with Crippen LogP contribution in [-0.4, -0.2) is 23.2 Å². The number of fused-ring (bicyclic) bond motifs is 1. The Morgan fingerprint density at radius 2 is 1.62 bits per heavy atom. The number of hydrogen-bond acceptors (Lipinski definition) is 4. The summed E-state index contributed by atoms with van der Waals surface area (Å²) in [5.74, 6) is 2.77. The van der Waals surface area contributed by atoms with Gasteiger partial charge in [0.25, 0.3) is 5.88 Å². The minimum Gasteiger partial charge on any atom is -0.483 e. The average Bonchev–Trinajstić information content (AvgIpc) is 2.27. The van der Waals surface area contributed by atoms with Gasteiger partial charge in [0.05, 0.1) is 5.69 Å². The van der Waals surface area contributed by atoms with Crippen molar-refractivity contribution < 1.29 is 9.47 Å². The molecule has 2 rings (SSSR count). The molecule has 0 atom stereocenters. The van der Waals surface area contributed by atoms with E-state index in [9.17, 15) is 0 Å². The molecule has 16 heavy (non-hydrogen) atoms. The van der Waals surface area contributed by atoms with E-state index in [2.05, 4.69) is 37.7 Å². The van der Waals surface area contributed by atoms with Crippen molar-refractivity contribution in [3.05, 3.63) is 11.5 Å². The summed E-state index contributed by atoms with van der Waals surface area (Å²) in [5, 5.41) is 0. The van der Waals surface area contributed by atoms with Crippen molar-refractivity contribution in [1.29, 1.82) is 0 Å². The van der Waals surface area contributed by atoms with Gasteiger partial charge in [-0.1, -0.05) is 27.7 Å². The van der Waals surface area contributed by atoms with Gasteiger partial charge < -0.3 is 9.47 Å². The highest BCUT2D eigenvalue weighted by Gasteiger charge is 2.23. The van der Waals surface area contributed by atoms with E-state index in [0.717, 1.165) is 17.3 Å². The lowest BCUT2D eigenvalue weighted by Gasteiger charge is -2.22. The Hall–Kier alpha value is -1.32. The van der Waals surface area contributed by atoms with Crippen LogP contribution in [0.4, 0.5) is 0 Å². The van der Waals surface area contributed by atoms with E-state index >= 15 is 0 Å². The molecule has 1 aliphatic heterocycles. The zero-order valence-corrected chi connectivity index (χ0v) is 10.3. The first-order valence-electron chi connectivity index (χ1n) is 5.77. The molecule has 0 aromatic carbocycles. The minimum absolute atomic E-state index is 0.299. The zero-order chi connectivity index (χ0) is 11.7. The van der Waals surface area contributed by atoms with Crippen LogP contribution in [0.2, 0.25) is 0 Å². The maximum absolute atomic E-state index is 5.60. The van der Waals surface area contributed by atoms with E-state index < -0.39 is 0 Å². The van der Waals surface area contributed by atoms with Gasteiger partial charge in [-0.25, -0.2) is 4.98 Å². The van der Waals surface area contributed by atoms with Crippen molar-refractivity contribution in [2.75, 3.05) is 13.2 Å². The molecule has 0 N–H and O–H groups in total. The number of ether oxygens (including phenoxy) is 2. The fraction of sp³-hybridized carbons (Fsp3) is 0.667. The SMILES string of the molecule is CC(C)c1nc2c(c(C(C)C)n1)OCCO2. The third-order valence-corrected chi connectivity index (χ3v) is 2.51. The molecule has 1 aliphatic rings. The quantitative estimate of drug-likeness (QED) is 0.771. The molecule has 0 radical (unpaired) electrons. The molecule has 88 valence electrons. The van der Waals surface area contributed by atoms with Crippen LogP contribution in [0, 0.1) is 0 Å². The lowest BCUT2D eigenvalue weighted by atomic mass is 10.1. The summed E-state index contributed by atoms with van der Waals surface area (Å²) in [6, 6.07) is 0. The van der Waals surface area contributed by atoms with Crippen LogP contribution in [0.1, 0.15) is 51.0 Å². The summed E-state index contributed by atoms with van der Waals surface area (Å²) in [7, 11) is 0. The monoisotopic (exact) mass is 222 g/mol. The second kappa shape index (κ2) is 4.28. The normalized spacial score (nSPS) is 14.6. The number of aromatic nitrogens is 2. The number of rotatable bonds is 2. The summed E-state index contributed by atoms with van der Waals surface area (Å²) < 4.78 is 11.1. The van der Waals surface area contributed by atoms with Gasteiger partial charge in [-0.2, -0.15) is 4.98 Å². The molecule has 0 saturated heterocycles. The molecule has 1 aromatic rings. The van der Waals surface area contributed by atoms with Crippen LogP contribution in [0.3, 0.4) is 0 Å². The highest BCUT2D eigenvalue weighted by atomic mass is 16.6. The molecule has 0 unspecified atom stereocenters. The minimum atomic E-state index is 0.299. The van der Waals surface area contributed by atoms with Gasteiger partial charge in [0.2, 0.25) is 5.75 Å². The Morgan fingerprint density at radius 3 is 2.25 bits per heavy atom. The fourth-order valence-electron chi connectivity index (χ4n) is 1.63. The summed E-state index contributed by atoms with van der Waals surface area (Å²) in [6.07, 6.45) is 0. The van der Waals surface area contributed by atoms with E-state index in [1.807, 2.05) is 0 Å². The second-order valence-electron chi connectivity index (χ2n) is 4.61. The van der Waals surface area contributed by atoms with Crippen LogP contribution in [0.25, 0.3) is 0 Å². The van der Waals surface area contributed by atoms with Crippen molar-refractivity contribution in [2.45, 2.75) is 39.5 Å². The van der Waals surface area contributed by atoms with Crippen molar-refractivity contribution in [3.63, 3.8) is 0 Å². The molecule has 2 heterocycles. The Kier molecular flexibility index (Phi) is 2.99. The van der Waals surface area contributed by atoms with Gasteiger partial charge in [-0.15, -0.1) is 0 Å². The van der Waals surface area contributed by atoms with Crippen LogP contribution in [0.5, 0.6) is 11.6 Å². The Morgan fingerprint density at radius 1 is 0.938 bits per heavy atom. The van der Waals surface area contributed by atoms with E-state index in [-0.39, 0.29) is 0 Å². The maximum atomic E-state index is 5.60. The van der Waals surface area contributed by atoms with Gasteiger partial charge in [0, 0.05) is 5.92 Å². The summed E-state index contributed by atoms with van der Waals surface area (Å²) in [4.78, 5) is 8.97. The predicted molar refractivity (Wildman–Crippen MR) is 61.2 cm³/mol. The van der Waals surface area contributed by atoms with Crippen LogP contribution in [0.15, 0.2) is 0 Å². The van der Waals surface area contributed by atoms with Crippen LogP contribution in [-0.2, 0) is 0 Å². The van der Waals surface area contributed by atoms with E-state index in [0.29, 0.717) is 30.9 Å². The molecule has 0 aliphatic carbocycles. The standard InChI is InChI=1S/C12H18N2O2/c1-7(2)9-10-12(16-6-5-15-10)14-11(13-9)8(3)4/h7-8H,5-6H2,1-4H3. The number of hydrogen-bond donors (Lipinski definition) is 0. The smallest absolute Gasteiger partial charge is 0.260 e. The molecular weight excluding hydrogens is 204 g/mol. The third kappa shape index (κ3) is 1.96. The number of nitrogens with zero attached hydrogens (tertiary/aromatic N) is 2. The topological polar surface area (TPSA) is 44.2 Å². The zero-order valence-electron chi connectivity index (χ0n) is 10.3. The van der Waals surface area contributed by atoms with E-state index in [1.165, 1.54) is 0 Å². The molecule has 0 saturated carbocycles. The van der Waals surface area contributed by atoms with Gasteiger partial charge in [0.15, 0.2) is 0 Å². The Labute approximate surface area is 96.0 Å². The second-order valence-corrected chi connectivity index (χ2v) is 4.61. The van der Waals surface area contributed by atoms with Crippen LogP contribution < -0.4 is 9.47 Å². The molecule has 1 aromatic heterocycles. The Balaban J connectivity index is 2.52. The van der Waals surface area contributed by atoms with Crippen molar-refractivity contribution in [2.24, 2.45) is 0 Å². The lowest BCUT2D eigenvalue weighted by Crippen LogP contribution is -2.20. The first-order valence-corrected chi connectivity index (χ1v) is 5.77. The first-order chi connectivity index (χ1) is 7.59. The Bertz CT molecular complexity index is 389.